The highest BCUT2D eigenvalue weighted by Gasteiger charge is 2.07. The number of halogens is 2. The number of nitrogens with one attached hydrogen (secondary N) is 1. The van der Waals surface area contributed by atoms with Gasteiger partial charge in [-0.15, -0.1) is 0 Å². The highest BCUT2D eigenvalue weighted by molar-refractivity contribution is 9.11. The SMILES string of the molecule is COCCNCC(C)=Cc1cc(Br)cc(Br)c1OC. The molecule has 0 unspecified atom stereocenters. The van der Waals surface area contributed by atoms with Crippen LogP contribution in [0.15, 0.2) is 26.7 Å². The molecule has 1 aromatic rings. The molecule has 0 saturated carbocycles. The van der Waals surface area contributed by atoms with Gasteiger partial charge in [0.25, 0.3) is 0 Å². The Morgan fingerprint density at radius 3 is 2.68 bits per heavy atom. The van der Waals surface area contributed by atoms with Gasteiger partial charge in [0.1, 0.15) is 5.75 Å². The van der Waals surface area contributed by atoms with Crippen LogP contribution in [0, 0.1) is 0 Å². The molecule has 0 aromatic heterocycles. The van der Waals surface area contributed by atoms with E-state index in [1.165, 1.54) is 5.57 Å². The summed E-state index contributed by atoms with van der Waals surface area (Å²) in [7, 11) is 3.38. The van der Waals surface area contributed by atoms with Crippen LogP contribution < -0.4 is 10.1 Å². The van der Waals surface area contributed by atoms with Crippen LogP contribution >= 0.6 is 31.9 Å². The van der Waals surface area contributed by atoms with Crippen molar-refractivity contribution >= 4 is 37.9 Å². The summed E-state index contributed by atoms with van der Waals surface area (Å²) in [6.45, 7) is 4.49. The van der Waals surface area contributed by atoms with Crippen LogP contribution in [0.25, 0.3) is 6.08 Å². The first-order valence-electron chi connectivity index (χ1n) is 5.98. The van der Waals surface area contributed by atoms with Crippen LogP contribution in [0.3, 0.4) is 0 Å². The molecule has 3 nitrogen and oxygen atoms in total. The molecule has 0 heterocycles. The molecule has 5 heteroatoms. The maximum atomic E-state index is 5.42. The summed E-state index contributed by atoms with van der Waals surface area (Å²) in [6.07, 6.45) is 2.12. The Morgan fingerprint density at radius 1 is 1.32 bits per heavy atom. The molecule has 0 atom stereocenters. The van der Waals surface area contributed by atoms with Crippen molar-refractivity contribution in [3.8, 4) is 5.75 Å². The van der Waals surface area contributed by atoms with Crippen LogP contribution in [0.4, 0.5) is 0 Å². The third kappa shape index (κ3) is 5.65. The maximum absolute atomic E-state index is 5.42. The van der Waals surface area contributed by atoms with Crippen molar-refractivity contribution in [3.05, 3.63) is 32.2 Å². The van der Waals surface area contributed by atoms with Crippen molar-refractivity contribution in [3.63, 3.8) is 0 Å². The Morgan fingerprint density at radius 2 is 2.05 bits per heavy atom. The zero-order valence-corrected chi connectivity index (χ0v) is 14.6. The highest BCUT2D eigenvalue weighted by atomic mass is 79.9. The summed E-state index contributed by atoms with van der Waals surface area (Å²) in [4.78, 5) is 0. The number of hydrogen-bond acceptors (Lipinski definition) is 3. The second kappa shape index (κ2) is 8.74. The summed E-state index contributed by atoms with van der Waals surface area (Å²) in [5, 5.41) is 3.32. The van der Waals surface area contributed by atoms with Gasteiger partial charge in [0, 0.05) is 30.2 Å². The van der Waals surface area contributed by atoms with Crippen molar-refractivity contribution in [2.45, 2.75) is 6.92 Å². The second-order valence-electron chi connectivity index (χ2n) is 4.17. The number of rotatable bonds is 7. The summed E-state index contributed by atoms with van der Waals surface area (Å²) in [5.41, 5.74) is 2.29. The van der Waals surface area contributed by atoms with Crippen LogP contribution in [0.1, 0.15) is 12.5 Å². The minimum Gasteiger partial charge on any atom is -0.495 e. The lowest BCUT2D eigenvalue weighted by Crippen LogP contribution is -2.20. The molecule has 1 rings (SSSR count). The molecule has 1 aromatic carbocycles. The standard InChI is InChI=1S/C14H19Br2NO2/c1-10(9-17-4-5-18-2)6-11-7-12(15)8-13(16)14(11)19-3/h6-8,17H,4-5,9H2,1-3H3. The van der Waals surface area contributed by atoms with E-state index >= 15 is 0 Å². The third-order valence-electron chi connectivity index (χ3n) is 2.53. The number of benzene rings is 1. The summed E-state index contributed by atoms with van der Waals surface area (Å²) in [6, 6.07) is 4.02. The average Bonchev–Trinajstić information content (AvgIpc) is 2.34. The molecule has 0 bridgehead atoms. The van der Waals surface area contributed by atoms with E-state index in [1.807, 2.05) is 12.1 Å². The van der Waals surface area contributed by atoms with E-state index in [1.54, 1.807) is 14.2 Å². The summed E-state index contributed by atoms with van der Waals surface area (Å²) in [5.74, 6) is 0.847. The van der Waals surface area contributed by atoms with E-state index in [2.05, 4.69) is 50.2 Å². The van der Waals surface area contributed by atoms with E-state index in [-0.39, 0.29) is 0 Å². The first-order valence-corrected chi connectivity index (χ1v) is 7.57. The third-order valence-corrected chi connectivity index (χ3v) is 3.58. The summed E-state index contributed by atoms with van der Waals surface area (Å²) < 4.78 is 12.4. The molecule has 0 fully saturated rings. The van der Waals surface area contributed by atoms with Gasteiger partial charge in [0.05, 0.1) is 18.2 Å². The molecular weight excluding hydrogens is 374 g/mol. The second-order valence-corrected chi connectivity index (χ2v) is 5.94. The molecule has 1 N–H and O–H groups in total. The Bertz CT molecular complexity index is 447. The van der Waals surface area contributed by atoms with Gasteiger partial charge >= 0.3 is 0 Å². The molecule has 0 aliphatic heterocycles. The Labute approximate surface area is 131 Å². The van der Waals surface area contributed by atoms with Crippen molar-refractivity contribution in [2.24, 2.45) is 0 Å². The monoisotopic (exact) mass is 391 g/mol. The number of methoxy groups -OCH3 is 2. The minimum absolute atomic E-state index is 0.721. The zero-order chi connectivity index (χ0) is 14.3. The van der Waals surface area contributed by atoms with Gasteiger partial charge in [0.2, 0.25) is 0 Å². The fourth-order valence-corrected chi connectivity index (χ4v) is 3.10. The molecule has 0 radical (unpaired) electrons. The van der Waals surface area contributed by atoms with Crippen LogP contribution in [-0.4, -0.2) is 33.9 Å². The first kappa shape index (κ1) is 16.7. The fourth-order valence-electron chi connectivity index (χ4n) is 1.68. The number of hydrogen-bond donors (Lipinski definition) is 1. The van der Waals surface area contributed by atoms with Crippen molar-refractivity contribution in [1.82, 2.24) is 5.32 Å². The average molecular weight is 393 g/mol. The Kier molecular flexibility index (Phi) is 7.68. The predicted octanol–water partition coefficient (Wildman–Crippen LogP) is 3.86. The van der Waals surface area contributed by atoms with Gasteiger partial charge in [-0.05, 0) is 35.0 Å². The topological polar surface area (TPSA) is 30.5 Å². The zero-order valence-electron chi connectivity index (χ0n) is 11.4. The lowest BCUT2D eigenvalue weighted by molar-refractivity contribution is 0.200. The van der Waals surface area contributed by atoms with Crippen molar-refractivity contribution in [2.75, 3.05) is 33.9 Å². The van der Waals surface area contributed by atoms with Crippen LogP contribution in [0.5, 0.6) is 5.75 Å². The van der Waals surface area contributed by atoms with E-state index in [4.69, 9.17) is 9.47 Å². The minimum atomic E-state index is 0.721. The Hall–Kier alpha value is -0.360. The van der Waals surface area contributed by atoms with Gasteiger partial charge in [-0.1, -0.05) is 27.6 Å². The van der Waals surface area contributed by atoms with Gasteiger partial charge < -0.3 is 14.8 Å². The van der Waals surface area contributed by atoms with Crippen LogP contribution in [0.2, 0.25) is 0 Å². The molecule has 0 saturated heterocycles. The lowest BCUT2D eigenvalue weighted by atomic mass is 10.1. The van der Waals surface area contributed by atoms with Crippen molar-refractivity contribution in [1.29, 1.82) is 0 Å². The first-order chi connectivity index (χ1) is 9.08. The van der Waals surface area contributed by atoms with E-state index in [9.17, 15) is 0 Å². The van der Waals surface area contributed by atoms with Gasteiger partial charge in [-0.2, -0.15) is 0 Å². The molecule has 0 spiro atoms. The lowest BCUT2D eigenvalue weighted by Gasteiger charge is -2.10. The molecular formula is C14H19Br2NO2. The molecule has 106 valence electrons. The fraction of sp³-hybridized carbons (Fsp3) is 0.429. The van der Waals surface area contributed by atoms with Crippen molar-refractivity contribution < 1.29 is 9.47 Å². The maximum Gasteiger partial charge on any atom is 0.140 e. The molecule has 0 amide bonds. The van der Waals surface area contributed by atoms with Gasteiger partial charge in [-0.3, -0.25) is 0 Å². The smallest absolute Gasteiger partial charge is 0.140 e. The highest BCUT2D eigenvalue weighted by Crippen LogP contribution is 2.33. The normalized spacial score (nSPS) is 11.7. The largest absolute Gasteiger partial charge is 0.495 e. The van der Waals surface area contributed by atoms with E-state index in [0.29, 0.717) is 0 Å². The predicted molar refractivity (Wildman–Crippen MR) is 86.8 cm³/mol. The van der Waals surface area contributed by atoms with E-state index in [0.717, 1.165) is 40.0 Å². The quantitative estimate of drug-likeness (QED) is 0.714. The molecule has 0 aliphatic rings. The molecule has 0 aliphatic carbocycles. The number of ether oxygens (including phenoxy) is 2. The molecule has 19 heavy (non-hydrogen) atoms. The Balaban J connectivity index is 2.79. The van der Waals surface area contributed by atoms with Crippen LogP contribution in [-0.2, 0) is 4.74 Å². The van der Waals surface area contributed by atoms with E-state index < -0.39 is 0 Å². The van der Waals surface area contributed by atoms with Gasteiger partial charge in [0.15, 0.2) is 0 Å². The van der Waals surface area contributed by atoms with Gasteiger partial charge in [-0.25, -0.2) is 0 Å². The summed E-state index contributed by atoms with van der Waals surface area (Å²) >= 11 is 7.00.